The molecule has 0 bridgehead atoms. The van der Waals surface area contributed by atoms with Crippen LogP contribution in [0, 0.1) is 0 Å². The van der Waals surface area contributed by atoms with Crippen LogP contribution in [0.25, 0.3) is 0 Å². The molecule has 0 spiro atoms. The number of ether oxygens (including phenoxy) is 2. The van der Waals surface area contributed by atoms with Crippen molar-refractivity contribution >= 4 is 0 Å². The molecular formula is C6H10O4. The Balaban J connectivity index is 2.38. The van der Waals surface area contributed by atoms with Crippen LogP contribution in [-0.4, -0.2) is 35.8 Å². The zero-order valence-electron chi connectivity index (χ0n) is 5.43. The van der Waals surface area contributed by atoms with E-state index in [0.29, 0.717) is 0 Å². The van der Waals surface area contributed by atoms with Crippen molar-refractivity contribution in [3.63, 3.8) is 0 Å². The van der Waals surface area contributed by atoms with Crippen LogP contribution in [0.2, 0.25) is 0 Å². The van der Waals surface area contributed by atoms with Crippen LogP contribution in [-0.2, 0) is 9.47 Å². The van der Waals surface area contributed by atoms with E-state index in [1.165, 1.54) is 6.26 Å². The predicted octanol–water partition coefficient (Wildman–Crippen LogP) is -0.774. The Hall–Kier alpha value is -0.580. The van der Waals surface area contributed by atoms with Crippen molar-refractivity contribution in [3.8, 4) is 0 Å². The monoisotopic (exact) mass is 146 g/mol. The first-order chi connectivity index (χ1) is 4.84. The molecule has 0 aromatic heterocycles. The van der Waals surface area contributed by atoms with Crippen molar-refractivity contribution in [1.29, 1.82) is 0 Å². The first kappa shape index (κ1) is 7.53. The molecule has 2 N–H and O–H groups in total. The maximum absolute atomic E-state index is 9.00. The summed E-state index contributed by atoms with van der Waals surface area (Å²) in [5.74, 6) is 0. The van der Waals surface area contributed by atoms with Crippen LogP contribution >= 0.6 is 0 Å². The van der Waals surface area contributed by atoms with Gasteiger partial charge < -0.3 is 19.7 Å². The fraction of sp³-hybridized carbons (Fsp3) is 0.667. The Morgan fingerprint density at radius 2 is 2.50 bits per heavy atom. The van der Waals surface area contributed by atoms with E-state index in [2.05, 4.69) is 0 Å². The standard InChI is InChI=1S/C6H10O4/c7-3-5(8)6-1-2-9-4-10-6/h1-2,5-8H,3-4H2. The second-order valence-electron chi connectivity index (χ2n) is 1.99. The minimum absolute atomic E-state index is 0.137. The molecule has 0 aliphatic carbocycles. The van der Waals surface area contributed by atoms with Gasteiger partial charge in [0.05, 0.1) is 12.9 Å². The van der Waals surface area contributed by atoms with Crippen molar-refractivity contribution in [2.24, 2.45) is 0 Å². The lowest BCUT2D eigenvalue weighted by Gasteiger charge is -2.21. The minimum Gasteiger partial charge on any atom is -0.475 e. The lowest BCUT2D eigenvalue weighted by Crippen LogP contribution is -2.32. The van der Waals surface area contributed by atoms with E-state index < -0.39 is 12.2 Å². The van der Waals surface area contributed by atoms with Gasteiger partial charge in [0, 0.05) is 0 Å². The summed E-state index contributed by atoms with van der Waals surface area (Å²) in [5.41, 5.74) is 0. The third-order valence-corrected chi connectivity index (χ3v) is 1.26. The number of aliphatic hydroxyl groups is 2. The number of hydrogen-bond donors (Lipinski definition) is 2. The lowest BCUT2D eigenvalue weighted by atomic mass is 10.2. The molecular weight excluding hydrogens is 136 g/mol. The quantitative estimate of drug-likeness (QED) is 0.537. The lowest BCUT2D eigenvalue weighted by molar-refractivity contribution is -0.107. The first-order valence-electron chi connectivity index (χ1n) is 3.03. The summed E-state index contributed by atoms with van der Waals surface area (Å²) in [7, 11) is 0. The van der Waals surface area contributed by atoms with Gasteiger partial charge in [-0.05, 0) is 6.08 Å². The minimum atomic E-state index is -0.847. The summed E-state index contributed by atoms with van der Waals surface area (Å²) in [6.07, 6.45) is 1.73. The predicted molar refractivity (Wildman–Crippen MR) is 33.1 cm³/mol. The zero-order valence-corrected chi connectivity index (χ0v) is 5.43. The Morgan fingerprint density at radius 1 is 1.70 bits per heavy atom. The second kappa shape index (κ2) is 3.55. The van der Waals surface area contributed by atoms with Crippen LogP contribution in [0.4, 0.5) is 0 Å². The smallest absolute Gasteiger partial charge is 0.188 e. The van der Waals surface area contributed by atoms with E-state index in [0.717, 1.165) is 0 Å². The summed E-state index contributed by atoms with van der Waals surface area (Å²) in [4.78, 5) is 0. The van der Waals surface area contributed by atoms with Gasteiger partial charge in [0.2, 0.25) is 0 Å². The fourth-order valence-electron chi connectivity index (χ4n) is 0.689. The van der Waals surface area contributed by atoms with Gasteiger partial charge in [-0.3, -0.25) is 0 Å². The summed E-state index contributed by atoms with van der Waals surface area (Å²) < 4.78 is 9.61. The summed E-state index contributed by atoms with van der Waals surface area (Å²) in [5, 5.41) is 17.5. The van der Waals surface area contributed by atoms with Gasteiger partial charge in [-0.15, -0.1) is 0 Å². The van der Waals surface area contributed by atoms with Crippen LogP contribution in [0.3, 0.4) is 0 Å². The van der Waals surface area contributed by atoms with E-state index in [1.807, 2.05) is 0 Å². The molecule has 0 radical (unpaired) electrons. The summed E-state index contributed by atoms with van der Waals surface area (Å²) in [6, 6.07) is 0. The Labute approximate surface area is 58.7 Å². The van der Waals surface area contributed by atoms with Crippen molar-refractivity contribution in [3.05, 3.63) is 12.3 Å². The Morgan fingerprint density at radius 3 is 3.00 bits per heavy atom. The highest BCUT2D eigenvalue weighted by Crippen LogP contribution is 2.05. The van der Waals surface area contributed by atoms with Gasteiger partial charge >= 0.3 is 0 Å². The van der Waals surface area contributed by atoms with Crippen molar-refractivity contribution < 1.29 is 19.7 Å². The second-order valence-corrected chi connectivity index (χ2v) is 1.99. The third kappa shape index (κ3) is 1.70. The molecule has 0 aromatic rings. The highest BCUT2D eigenvalue weighted by Gasteiger charge is 2.17. The van der Waals surface area contributed by atoms with Crippen molar-refractivity contribution in [2.45, 2.75) is 12.2 Å². The average molecular weight is 146 g/mol. The molecule has 0 aromatic carbocycles. The molecule has 2 atom stereocenters. The topological polar surface area (TPSA) is 58.9 Å². The van der Waals surface area contributed by atoms with Crippen LogP contribution < -0.4 is 0 Å². The highest BCUT2D eigenvalue weighted by molar-refractivity contribution is 4.90. The van der Waals surface area contributed by atoms with E-state index in [-0.39, 0.29) is 13.4 Å². The number of rotatable bonds is 2. The Kier molecular flexibility index (Phi) is 2.68. The fourth-order valence-corrected chi connectivity index (χ4v) is 0.689. The molecule has 0 saturated carbocycles. The van der Waals surface area contributed by atoms with Gasteiger partial charge in [-0.2, -0.15) is 0 Å². The van der Waals surface area contributed by atoms with Gasteiger partial charge in [-0.25, -0.2) is 0 Å². The maximum atomic E-state index is 9.00. The van der Waals surface area contributed by atoms with Gasteiger partial charge in [0.25, 0.3) is 0 Å². The first-order valence-corrected chi connectivity index (χ1v) is 3.03. The molecule has 58 valence electrons. The molecule has 1 aliphatic heterocycles. The normalized spacial score (nSPS) is 27.6. The van der Waals surface area contributed by atoms with Crippen LogP contribution in [0.1, 0.15) is 0 Å². The van der Waals surface area contributed by atoms with Gasteiger partial charge in [0.15, 0.2) is 6.79 Å². The molecule has 0 amide bonds. The summed E-state index contributed by atoms with van der Waals surface area (Å²) in [6.45, 7) is -0.159. The number of hydrogen-bond acceptors (Lipinski definition) is 4. The third-order valence-electron chi connectivity index (χ3n) is 1.26. The maximum Gasteiger partial charge on any atom is 0.188 e. The van der Waals surface area contributed by atoms with Crippen molar-refractivity contribution in [1.82, 2.24) is 0 Å². The average Bonchev–Trinajstić information content (AvgIpc) is 2.05. The van der Waals surface area contributed by atoms with Gasteiger partial charge in [0.1, 0.15) is 12.2 Å². The molecule has 4 nitrogen and oxygen atoms in total. The zero-order chi connectivity index (χ0) is 7.40. The van der Waals surface area contributed by atoms with E-state index >= 15 is 0 Å². The van der Waals surface area contributed by atoms with Crippen molar-refractivity contribution in [2.75, 3.05) is 13.4 Å². The van der Waals surface area contributed by atoms with Gasteiger partial charge in [-0.1, -0.05) is 0 Å². The van der Waals surface area contributed by atoms with Crippen LogP contribution in [0.5, 0.6) is 0 Å². The van der Waals surface area contributed by atoms with E-state index in [1.54, 1.807) is 6.08 Å². The molecule has 0 fully saturated rings. The molecule has 1 aliphatic rings. The summed E-state index contributed by atoms with van der Waals surface area (Å²) >= 11 is 0. The van der Waals surface area contributed by atoms with E-state index in [9.17, 15) is 0 Å². The van der Waals surface area contributed by atoms with Crippen LogP contribution in [0.15, 0.2) is 12.3 Å². The molecule has 1 rings (SSSR count). The largest absolute Gasteiger partial charge is 0.475 e. The number of aliphatic hydroxyl groups excluding tert-OH is 2. The highest BCUT2D eigenvalue weighted by atomic mass is 16.7. The van der Waals surface area contributed by atoms with E-state index in [4.69, 9.17) is 19.7 Å². The molecule has 4 heteroatoms. The molecule has 1 heterocycles. The molecule has 0 saturated heterocycles. The Bertz CT molecular complexity index is 123. The molecule has 2 unspecified atom stereocenters. The molecule has 10 heavy (non-hydrogen) atoms. The SMILES string of the molecule is OCC(O)C1C=COCO1.